The van der Waals surface area contributed by atoms with Crippen LogP contribution in [0, 0.1) is 5.92 Å². The zero-order chi connectivity index (χ0) is 16.8. The maximum absolute atomic E-state index is 11.9. The van der Waals surface area contributed by atoms with E-state index in [0.29, 0.717) is 17.4 Å². The number of hydrogen-bond acceptors (Lipinski definition) is 4. The maximum atomic E-state index is 11.9. The van der Waals surface area contributed by atoms with Gasteiger partial charge >= 0.3 is 0 Å². The van der Waals surface area contributed by atoms with Crippen molar-refractivity contribution in [3.05, 3.63) is 29.8 Å². The van der Waals surface area contributed by atoms with Crippen molar-refractivity contribution in [1.82, 2.24) is 5.32 Å². The molecular formula is C17H22N2O4. The summed E-state index contributed by atoms with van der Waals surface area (Å²) in [6.07, 6.45) is 5.58. The summed E-state index contributed by atoms with van der Waals surface area (Å²) in [4.78, 5) is 22.6. The minimum atomic E-state index is -0.558. The third kappa shape index (κ3) is 5.32. The van der Waals surface area contributed by atoms with Crippen LogP contribution in [0.25, 0.3) is 6.08 Å². The number of primary amides is 1. The zero-order valence-corrected chi connectivity index (χ0v) is 13.4. The van der Waals surface area contributed by atoms with Gasteiger partial charge in [0, 0.05) is 12.1 Å². The van der Waals surface area contributed by atoms with Gasteiger partial charge in [-0.05, 0) is 49.5 Å². The number of hydrogen-bond donors (Lipinski definition) is 2. The highest BCUT2D eigenvalue weighted by atomic mass is 16.5. The number of benzene rings is 1. The van der Waals surface area contributed by atoms with Gasteiger partial charge in [0.2, 0.25) is 5.91 Å². The van der Waals surface area contributed by atoms with Crippen molar-refractivity contribution in [2.75, 3.05) is 13.7 Å². The molecule has 0 aromatic heterocycles. The standard InChI is InChI=1S/C17H22N2O4/c1-11(13-5-6-13)19-17(21)8-4-12-3-7-14(15(9-12)22-2)23-10-16(18)20/h3-4,7-9,11,13H,5-6,10H2,1-2H3,(H2,18,20)(H,19,21)/b8-4+. The summed E-state index contributed by atoms with van der Waals surface area (Å²) >= 11 is 0. The van der Waals surface area contributed by atoms with Gasteiger partial charge in [0.1, 0.15) is 0 Å². The molecule has 0 spiro atoms. The fourth-order valence-electron chi connectivity index (χ4n) is 2.21. The number of carbonyl (C=O) groups excluding carboxylic acids is 2. The van der Waals surface area contributed by atoms with Crippen LogP contribution in [0.3, 0.4) is 0 Å². The quantitative estimate of drug-likeness (QED) is 0.710. The fourth-order valence-corrected chi connectivity index (χ4v) is 2.21. The Morgan fingerprint density at radius 2 is 2.13 bits per heavy atom. The largest absolute Gasteiger partial charge is 0.493 e. The number of rotatable bonds is 8. The van der Waals surface area contributed by atoms with Crippen LogP contribution in [0.2, 0.25) is 0 Å². The SMILES string of the molecule is COc1cc(/C=C/C(=O)NC(C)C2CC2)ccc1OCC(N)=O. The van der Waals surface area contributed by atoms with E-state index in [0.717, 1.165) is 5.56 Å². The normalized spacial score (nSPS) is 15.2. The number of ether oxygens (including phenoxy) is 2. The molecule has 0 radical (unpaired) electrons. The molecule has 0 saturated heterocycles. The van der Waals surface area contributed by atoms with Gasteiger partial charge in [-0.3, -0.25) is 9.59 Å². The second-order valence-corrected chi connectivity index (χ2v) is 5.63. The number of carbonyl (C=O) groups is 2. The predicted molar refractivity (Wildman–Crippen MR) is 87.0 cm³/mol. The lowest BCUT2D eigenvalue weighted by Gasteiger charge is -2.11. The summed E-state index contributed by atoms with van der Waals surface area (Å²) in [7, 11) is 1.50. The Labute approximate surface area is 135 Å². The molecule has 23 heavy (non-hydrogen) atoms. The summed E-state index contributed by atoms with van der Waals surface area (Å²) in [6, 6.07) is 5.38. The Bertz CT molecular complexity index is 609. The van der Waals surface area contributed by atoms with E-state index in [1.807, 2.05) is 6.92 Å². The van der Waals surface area contributed by atoms with Crippen LogP contribution < -0.4 is 20.5 Å². The molecule has 1 saturated carbocycles. The molecule has 2 rings (SSSR count). The van der Waals surface area contributed by atoms with Gasteiger partial charge in [-0.2, -0.15) is 0 Å². The van der Waals surface area contributed by atoms with Crippen LogP contribution >= 0.6 is 0 Å². The topological polar surface area (TPSA) is 90.7 Å². The summed E-state index contributed by atoms with van der Waals surface area (Å²) < 4.78 is 10.5. The van der Waals surface area contributed by atoms with E-state index < -0.39 is 5.91 Å². The average Bonchev–Trinajstić information content (AvgIpc) is 3.36. The van der Waals surface area contributed by atoms with Crippen LogP contribution in [-0.2, 0) is 9.59 Å². The van der Waals surface area contributed by atoms with Crippen LogP contribution in [0.5, 0.6) is 11.5 Å². The zero-order valence-electron chi connectivity index (χ0n) is 13.4. The van der Waals surface area contributed by atoms with Gasteiger partial charge in [-0.15, -0.1) is 0 Å². The molecule has 2 amide bonds. The first-order valence-corrected chi connectivity index (χ1v) is 7.57. The highest BCUT2D eigenvalue weighted by molar-refractivity contribution is 5.92. The molecule has 6 nitrogen and oxygen atoms in total. The van der Waals surface area contributed by atoms with Crippen molar-refractivity contribution in [1.29, 1.82) is 0 Å². The smallest absolute Gasteiger partial charge is 0.255 e. The van der Waals surface area contributed by atoms with E-state index in [2.05, 4.69) is 5.32 Å². The Kier molecular flexibility index (Phi) is 5.62. The molecule has 1 aromatic carbocycles. The van der Waals surface area contributed by atoms with Crippen LogP contribution in [0.15, 0.2) is 24.3 Å². The fraction of sp³-hybridized carbons (Fsp3) is 0.412. The molecule has 0 bridgehead atoms. The first kappa shape index (κ1) is 16.9. The number of amides is 2. The lowest BCUT2D eigenvalue weighted by molar-refractivity contribution is -0.120. The Morgan fingerprint density at radius 1 is 1.39 bits per heavy atom. The Hall–Kier alpha value is -2.50. The monoisotopic (exact) mass is 318 g/mol. The predicted octanol–water partition coefficient (Wildman–Crippen LogP) is 1.49. The van der Waals surface area contributed by atoms with Crippen LogP contribution in [-0.4, -0.2) is 31.6 Å². The van der Waals surface area contributed by atoms with Gasteiger partial charge in [0.05, 0.1) is 7.11 Å². The van der Waals surface area contributed by atoms with E-state index in [-0.39, 0.29) is 18.6 Å². The van der Waals surface area contributed by atoms with Crippen molar-refractivity contribution < 1.29 is 19.1 Å². The summed E-state index contributed by atoms with van der Waals surface area (Å²) in [5.74, 6) is 0.847. The lowest BCUT2D eigenvalue weighted by Crippen LogP contribution is -2.32. The number of nitrogens with one attached hydrogen (secondary N) is 1. The summed E-state index contributed by atoms with van der Waals surface area (Å²) in [5.41, 5.74) is 5.84. The first-order chi connectivity index (χ1) is 11.0. The average molecular weight is 318 g/mol. The van der Waals surface area contributed by atoms with E-state index >= 15 is 0 Å². The summed E-state index contributed by atoms with van der Waals surface area (Å²) in [6.45, 7) is 1.81. The van der Waals surface area contributed by atoms with Gasteiger partial charge in [-0.25, -0.2) is 0 Å². The van der Waals surface area contributed by atoms with Crippen LogP contribution in [0.4, 0.5) is 0 Å². The van der Waals surface area contributed by atoms with Crippen molar-refractivity contribution in [3.8, 4) is 11.5 Å². The molecule has 1 aliphatic rings. The number of nitrogens with two attached hydrogens (primary N) is 1. The molecule has 1 aliphatic carbocycles. The van der Waals surface area contributed by atoms with E-state index in [1.165, 1.54) is 26.0 Å². The second kappa shape index (κ2) is 7.67. The molecule has 124 valence electrons. The van der Waals surface area contributed by atoms with E-state index in [4.69, 9.17) is 15.2 Å². The van der Waals surface area contributed by atoms with Gasteiger partial charge in [-0.1, -0.05) is 6.07 Å². The molecule has 1 fully saturated rings. The third-order valence-electron chi connectivity index (χ3n) is 3.68. The van der Waals surface area contributed by atoms with E-state index in [1.54, 1.807) is 24.3 Å². The Morgan fingerprint density at radius 3 is 2.74 bits per heavy atom. The lowest BCUT2D eigenvalue weighted by atomic mass is 10.1. The molecule has 0 heterocycles. The van der Waals surface area contributed by atoms with Crippen molar-refractivity contribution in [2.45, 2.75) is 25.8 Å². The van der Waals surface area contributed by atoms with Crippen molar-refractivity contribution in [3.63, 3.8) is 0 Å². The molecule has 0 aliphatic heterocycles. The van der Waals surface area contributed by atoms with Crippen molar-refractivity contribution in [2.24, 2.45) is 11.7 Å². The van der Waals surface area contributed by atoms with Crippen molar-refractivity contribution >= 4 is 17.9 Å². The first-order valence-electron chi connectivity index (χ1n) is 7.57. The molecule has 1 unspecified atom stereocenters. The number of methoxy groups -OCH3 is 1. The van der Waals surface area contributed by atoms with Gasteiger partial charge < -0.3 is 20.5 Å². The third-order valence-corrected chi connectivity index (χ3v) is 3.68. The molecule has 6 heteroatoms. The van der Waals surface area contributed by atoms with E-state index in [9.17, 15) is 9.59 Å². The highest BCUT2D eigenvalue weighted by Gasteiger charge is 2.28. The second-order valence-electron chi connectivity index (χ2n) is 5.63. The maximum Gasteiger partial charge on any atom is 0.255 e. The molecule has 3 N–H and O–H groups in total. The molecule has 1 aromatic rings. The molecule has 1 atom stereocenters. The van der Waals surface area contributed by atoms with Gasteiger partial charge in [0.25, 0.3) is 5.91 Å². The minimum Gasteiger partial charge on any atom is -0.493 e. The van der Waals surface area contributed by atoms with Crippen LogP contribution in [0.1, 0.15) is 25.3 Å². The van der Waals surface area contributed by atoms with Gasteiger partial charge in [0.15, 0.2) is 18.1 Å². The summed E-state index contributed by atoms with van der Waals surface area (Å²) in [5, 5.41) is 2.95. The molecular weight excluding hydrogens is 296 g/mol. The minimum absolute atomic E-state index is 0.113. The highest BCUT2D eigenvalue weighted by Crippen LogP contribution is 2.32. The Balaban J connectivity index is 1.97.